The third kappa shape index (κ3) is 5.75. The summed E-state index contributed by atoms with van der Waals surface area (Å²) in [5.41, 5.74) is -0.224. The van der Waals surface area contributed by atoms with Gasteiger partial charge >= 0.3 is 12.0 Å². The lowest BCUT2D eigenvalue weighted by Gasteiger charge is -2.39. The Labute approximate surface area is 185 Å². The summed E-state index contributed by atoms with van der Waals surface area (Å²) in [4.78, 5) is 27.6. The van der Waals surface area contributed by atoms with Gasteiger partial charge in [0.05, 0.1) is 10.6 Å². The molecule has 1 fully saturated rings. The van der Waals surface area contributed by atoms with E-state index in [-0.39, 0.29) is 24.4 Å². The molecule has 1 saturated heterocycles. The van der Waals surface area contributed by atoms with E-state index in [1.807, 2.05) is 19.1 Å². The first-order valence-electron chi connectivity index (χ1n) is 10.00. The zero-order chi connectivity index (χ0) is 22.8. The summed E-state index contributed by atoms with van der Waals surface area (Å²) in [6, 6.07) is 6.43. The molecular weight excluding hydrogens is 424 g/mol. The van der Waals surface area contributed by atoms with Crippen molar-refractivity contribution >= 4 is 23.6 Å². The Bertz CT molecular complexity index is 955. The summed E-state index contributed by atoms with van der Waals surface area (Å²) in [6.45, 7) is 7.74. The first-order valence-corrected chi connectivity index (χ1v) is 10.4. The van der Waals surface area contributed by atoms with Gasteiger partial charge in [-0.05, 0) is 38.5 Å². The molecule has 0 spiro atoms. The van der Waals surface area contributed by atoms with E-state index in [1.54, 1.807) is 24.8 Å². The molecule has 3 rings (SSSR count). The van der Waals surface area contributed by atoms with Crippen LogP contribution in [0.15, 0.2) is 30.5 Å². The lowest BCUT2D eigenvalue weighted by atomic mass is 10.1. The number of nitrogens with zero attached hydrogens (tertiary/aromatic N) is 4. The molecule has 2 heterocycles. The second-order valence-electron chi connectivity index (χ2n) is 8.34. The quantitative estimate of drug-likeness (QED) is 0.696. The molecule has 0 aliphatic carbocycles. The van der Waals surface area contributed by atoms with Gasteiger partial charge < -0.3 is 19.8 Å². The van der Waals surface area contributed by atoms with E-state index in [1.165, 1.54) is 12.3 Å². The Hall–Kier alpha value is -2.62. The number of amides is 1. The number of halogens is 1. The molecule has 168 valence electrons. The normalized spacial score (nSPS) is 17.6. The first-order chi connectivity index (χ1) is 14.5. The third-order valence-electron chi connectivity index (χ3n) is 4.98. The SMILES string of the molecule is C[C@@H]1CN(Cc2cccc(OCC(C)(C)O)c2Cl)CCN1C(=O)n1ccc(C(=O)O)n1. The maximum atomic E-state index is 12.7. The monoisotopic (exact) mass is 450 g/mol. The van der Waals surface area contributed by atoms with E-state index in [0.29, 0.717) is 37.0 Å². The zero-order valence-corrected chi connectivity index (χ0v) is 18.5. The number of aromatic carboxylic acids is 1. The summed E-state index contributed by atoms with van der Waals surface area (Å²) in [7, 11) is 0. The Balaban J connectivity index is 1.62. The van der Waals surface area contributed by atoms with Gasteiger partial charge in [0.2, 0.25) is 0 Å². The molecule has 0 radical (unpaired) electrons. The highest BCUT2D eigenvalue weighted by atomic mass is 35.5. The number of carbonyl (C=O) groups is 2. The van der Waals surface area contributed by atoms with E-state index < -0.39 is 11.6 Å². The number of carbonyl (C=O) groups excluding carboxylic acids is 1. The molecular formula is C21H27ClN4O5. The fraction of sp³-hybridized carbons (Fsp3) is 0.476. The summed E-state index contributed by atoms with van der Waals surface area (Å²) in [5, 5.41) is 23.2. The van der Waals surface area contributed by atoms with Crippen molar-refractivity contribution in [2.75, 3.05) is 26.2 Å². The van der Waals surface area contributed by atoms with Crippen molar-refractivity contribution in [1.82, 2.24) is 19.6 Å². The smallest absolute Gasteiger partial charge is 0.356 e. The van der Waals surface area contributed by atoms with Crippen LogP contribution in [0, 0.1) is 0 Å². The van der Waals surface area contributed by atoms with Crippen LogP contribution in [-0.4, -0.2) is 79.7 Å². The highest BCUT2D eigenvalue weighted by Gasteiger charge is 2.29. The van der Waals surface area contributed by atoms with Gasteiger partial charge in [0, 0.05) is 38.4 Å². The number of aromatic nitrogens is 2. The molecule has 9 nitrogen and oxygen atoms in total. The predicted octanol–water partition coefficient (Wildman–Crippen LogP) is 2.56. The van der Waals surface area contributed by atoms with Gasteiger partial charge in [-0.2, -0.15) is 9.78 Å². The maximum absolute atomic E-state index is 12.7. The van der Waals surface area contributed by atoms with Gasteiger partial charge in [-0.1, -0.05) is 23.7 Å². The second kappa shape index (κ2) is 9.25. The third-order valence-corrected chi connectivity index (χ3v) is 5.41. The van der Waals surface area contributed by atoms with Crippen molar-refractivity contribution in [2.45, 2.75) is 39.0 Å². The number of carboxylic acids is 1. The number of piperazine rings is 1. The van der Waals surface area contributed by atoms with E-state index >= 15 is 0 Å². The van der Waals surface area contributed by atoms with Crippen LogP contribution in [0.3, 0.4) is 0 Å². The molecule has 1 aliphatic rings. The molecule has 0 saturated carbocycles. The van der Waals surface area contributed by atoms with Gasteiger partial charge in [0.25, 0.3) is 0 Å². The van der Waals surface area contributed by atoms with Crippen LogP contribution < -0.4 is 4.74 Å². The minimum atomic E-state index is -1.17. The van der Waals surface area contributed by atoms with Crippen LogP contribution in [0.25, 0.3) is 0 Å². The largest absolute Gasteiger partial charge is 0.489 e. The highest BCUT2D eigenvalue weighted by molar-refractivity contribution is 6.32. The first kappa shape index (κ1) is 23.1. The van der Waals surface area contributed by atoms with E-state index in [2.05, 4.69) is 10.00 Å². The van der Waals surface area contributed by atoms with Crippen molar-refractivity contribution in [3.05, 3.63) is 46.7 Å². The second-order valence-corrected chi connectivity index (χ2v) is 8.72. The highest BCUT2D eigenvalue weighted by Crippen LogP contribution is 2.30. The van der Waals surface area contributed by atoms with Gasteiger partial charge in [0.15, 0.2) is 5.69 Å². The minimum Gasteiger partial charge on any atom is -0.489 e. The molecule has 0 unspecified atom stereocenters. The Kier molecular flexibility index (Phi) is 6.88. The van der Waals surface area contributed by atoms with Crippen LogP contribution >= 0.6 is 11.6 Å². The van der Waals surface area contributed by atoms with Gasteiger partial charge in [0.1, 0.15) is 12.4 Å². The molecule has 1 aromatic carbocycles. The lowest BCUT2D eigenvalue weighted by Crippen LogP contribution is -2.54. The number of hydrogen-bond acceptors (Lipinski definition) is 6. The summed E-state index contributed by atoms with van der Waals surface area (Å²) in [6.07, 6.45) is 1.36. The fourth-order valence-corrected chi connectivity index (χ4v) is 3.66. The Morgan fingerprint density at radius 2 is 2.03 bits per heavy atom. The van der Waals surface area contributed by atoms with Gasteiger partial charge in [-0.3, -0.25) is 4.90 Å². The fourth-order valence-electron chi connectivity index (χ4n) is 3.42. The molecule has 1 amide bonds. The van der Waals surface area contributed by atoms with Crippen LogP contribution in [0.4, 0.5) is 4.79 Å². The summed E-state index contributed by atoms with van der Waals surface area (Å²) < 4.78 is 6.73. The molecule has 31 heavy (non-hydrogen) atoms. The zero-order valence-electron chi connectivity index (χ0n) is 17.8. The maximum Gasteiger partial charge on any atom is 0.356 e. The van der Waals surface area contributed by atoms with Crippen molar-refractivity contribution in [2.24, 2.45) is 0 Å². The Morgan fingerprint density at radius 3 is 2.65 bits per heavy atom. The van der Waals surface area contributed by atoms with Crippen molar-refractivity contribution < 1.29 is 24.5 Å². The molecule has 0 bridgehead atoms. The topological polar surface area (TPSA) is 108 Å². The van der Waals surface area contributed by atoms with Crippen LogP contribution in [0.5, 0.6) is 5.75 Å². The van der Waals surface area contributed by atoms with E-state index in [4.69, 9.17) is 21.4 Å². The number of hydrogen-bond donors (Lipinski definition) is 2. The standard InChI is InChI=1S/C21H27ClN4O5/c1-14-11-24(9-10-25(14)20(29)26-8-7-16(23-26)19(27)28)12-15-5-4-6-17(18(15)22)31-13-21(2,3)30/h4-8,14,30H,9-13H2,1-3H3,(H,27,28)/t14-/m1/s1. The number of benzene rings is 1. The summed E-state index contributed by atoms with van der Waals surface area (Å²) in [5.74, 6) is -0.647. The van der Waals surface area contributed by atoms with Crippen LogP contribution in [-0.2, 0) is 6.54 Å². The number of carboxylic acid groups (broad SMARTS) is 1. The van der Waals surface area contributed by atoms with E-state index in [0.717, 1.165) is 10.2 Å². The molecule has 1 aromatic heterocycles. The van der Waals surface area contributed by atoms with Crippen LogP contribution in [0.1, 0.15) is 36.8 Å². The number of ether oxygens (including phenoxy) is 1. The molecule has 2 aromatic rings. The molecule has 1 aliphatic heterocycles. The summed E-state index contributed by atoms with van der Waals surface area (Å²) >= 11 is 6.52. The number of rotatable bonds is 6. The Morgan fingerprint density at radius 1 is 1.29 bits per heavy atom. The number of aliphatic hydroxyl groups is 1. The van der Waals surface area contributed by atoms with Crippen molar-refractivity contribution in [3.8, 4) is 5.75 Å². The predicted molar refractivity (Wildman–Crippen MR) is 115 cm³/mol. The average molecular weight is 451 g/mol. The average Bonchev–Trinajstić information content (AvgIpc) is 3.18. The van der Waals surface area contributed by atoms with Crippen LogP contribution in [0.2, 0.25) is 5.02 Å². The van der Waals surface area contributed by atoms with E-state index in [9.17, 15) is 14.7 Å². The van der Waals surface area contributed by atoms with Gasteiger partial charge in [-0.25, -0.2) is 9.59 Å². The molecule has 1 atom stereocenters. The van der Waals surface area contributed by atoms with Crippen molar-refractivity contribution in [3.63, 3.8) is 0 Å². The van der Waals surface area contributed by atoms with Crippen molar-refractivity contribution in [1.29, 1.82) is 0 Å². The molecule has 10 heteroatoms. The molecule has 2 N–H and O–H groups in total. The van der Waals surface area contributed by atoms with Gasteiger partial charge in [-0.15, -0.1) is 0 Å². The lowest BCUT2D eigenvalue weighted by molar-refractivity contribution is 0.0284. The minimum absolute atomic E-state index is 0.0906.